The third-order valence-corrected chi connectivity index (χ3v) is 8.30. The van der Waals surface area contributed by atoms with Gasteiger partial charge < -0.3 is 20.8 Å². The van der Waals surface area contributed by atoms with E-state index in [1.165, 1.54) is 7.05 Å². The molecule has 1 aliphatic heterocycles. The molecule has 9 heteroatoms. The molecule has 200 valence electrons. The predicted molar refractivity (Wildman–Crippen MR) is 146 cm³/mol. The van der Waals surface area contributed by atoms with Crippen LogP contribution < -0.4 is 14.9 Å². The quantitative estimate of drug-likeness (QED) is 0.377. The van der Waals surface area contributed by atoms with Crippen LogP contribution in [0.1, 0.15) is 47.2 Å². The summed E-state index contributed by atoms with van der Waals surface area (Å²) in [7, 11) is -2.06. The van der Waals surface area contributed by atoms with Gasteiger partial charge in [-0.1, -0.05) is 42.5 Å². The smallest absolute Gasteiger partial charge is 0.251 e. The molecule has 2 aliphatic rings. The SMILES string of the molecule is CN(c1cc(/C=C/C2CC2)cc(C(=O)NC(Cc2ccccc2)C(O)C2CC(O)CCN2)c1)S(C)(=O)=O. The van der Waals surface area contributed by atoms with E-state index >= 15 is 0 Å². The number of allylic oxidation sites excluding steroid dienone is 1. The summed E-state index contributed by atoms with van der Waals surface area (Å²) in [6, 6.07) is 13.7. The Kier molecular flexibility index (Phi) is 8.69. The normalized spacial score (nSPS) is 21.9. The van der Waals surface area contributed by atoms with Gasteiger partial charge in [-0.2, -0.15) is 0 Å². The summed E-state index contributed by atoms with van der Waals surface area (Å²) in [6.07, 6.45) is 7.39. The molecule has 1 amide bonds. The van der Waals surface area contributed by atoms with E-state index in [4.69, 9.17) is 0 Å². The molecular formula is C28H37N3O5S. The molecule has 1 heterocycles. The summed E-state index contributed by atoms with van der Waals surface area (Å²) >= 11 is 0. The van der Waals surface area contributed by atoms with E-state index in [0.29, 0.717) is 43.0 Å². The Bertz CT molecular complexity index is 1210. The van der Waals surface area contributed by atoms with Crippen molar-refractivity contribution in [2.75, 3.05) is 24.2 Å². The first-order valence-corrected chi connectivity index (χ1v) is 14.7. The molecule has 1 saturated carbocycles. The third-order valence-electron chi connectivity index (χ3n) is 7.10. The molecule has 2 fully saturated rings. The van der Waals surface area contributed by atoms with Crippen molar-refractivity contribution in [3.63, 3.8) is 0 Å². The average molecular weight is 528 g/mol. The van der Waals surface area contributed by atoms with E-state index in [1.54, 1.807) is 18.2 Å². The van der Waals surface area contributed by atoms with Crippen molar-refractivity contribution in [2.24, 2.45) is 5.92 Å². The lowest BCUT2D eigenvalue weighted by molar-refractivity contribution is 0.0339. The molecule has 0 spiro atoms. The number of nitrogens with one attached hydrogen (secondary N) is 2. The molecule has 8 nitrogen and oxygen atoms in total. The van der Waals surface area contributed by atoms with Crippen LogP contribution in [0.3, 0.4) is 0 Å². The van der Waals surface area contributed by atoms with Crippen LogP contribution in [0.2, 0.25) is 0 Å². The lowest BCUT2D eigenvalue weighted by Gasteiger charge is -2.35. The van der Waals surface area contributed by atoms with Gasteiger partial charge in [-0.25, -0.2) is 8.42 Å². The zero-order chi connectivity index (χ0) is 26.6. The number of hydrogen-bond acceptors (Lipinski definition) is 6. The van der Waals surface area contributed by atoms with Gasteiger partial charge in [-0.05, 0) is 73.9 Å². The average Bonchev–Trinajstić information content (AvgIpc) is 3.70. The topological polar surface area (TPSA) is 119 Å². The summed E-state index contributed by atoms with van der Waals surface area (Å²) < 4.78 is 25.6. The van der Waals surface area contributed by atoms with Crippen LogP contribution in [-0.4, -0.2) is 68.7 Å². The van der Waals surface area contributed by atoms with E-state index in [-0.39, 0.29) is 6.04 Å². The van der Waals surface area contributed by atoms with E-state index < -0.39 is 34.2 Å². The van der Waals surface area contributed by atoms with E-state index in [9.17, 15) is 23.4 Å². The maximum atomic E-state index is 13.5. The van der Waals surface area contributed by atoms with Gasteiger partial charge in [-0.3, -0.25) is 9.10 Å². The van der Waals surface area contributed by atoms with Crippen LogP contribution in [0, 0.1) is 5.92 Å². The van der Waals surface area contributed by atoms with Gasteiger partial charge in [0.05, 0.1) is 30.2 Å². The lowest BCUT2D eigenvalue weighted by atomic mass is 9.90. The molecule has 4 rings (SSSR count). The second-order valence-corrected chi connectivity index (χ2v) is 12.3. The number of aliphatic hydroxyl groups is 2. The van der Waals surface area contributed by atoms with Crippen LogP contribution in [0.4, 0.5) is 5.69 Å². The second-order valence-electron chi connectivity index (χ2n) is 10.2. The van der Waals surface area contributed by atoms with Crippen molar-refractivity contribution in [1.29, 1.82) is 0 Å². The zero-order valence-electron chi connectivity index (χ0n) is 21.4. The van der Waals surface area contributed by atoms with Gasteiger partial charge in [0.25, 0.3) is 5.91 Å². The van der Waals surface area contributed by atoms with E-state index in [0.717, 1.165) is 34.5 Å². The number of carbonyl (C=O) groups is 1. The molecule has 37 heavy (non-hydrogen) atoms. The number of hydrogen-bond donors (Lipinski definition) is 4. The van der Waals surface area contributed by atoms with Crippen LogP contribution >= 0.6 is 0 Å². The minimum atomic E-state index is -3.53. The van der Waals surface area contributed by atoms with Gasteiger partial charge in [0.15, 0.2) is 0 Å². The Balaban J connectivity index is 1.62. The van der Waals surface area contributed by atoms with Crippen molar-refractivity contribution in [1.82, 2.24) is 10.6 Å². The highest BCUT2D eigenvalue weighted by Crippen LogP contribution is 2.31. The number of sulfonamides is 1. The number of piperidine rings is 1. The first kappa shape index (κ1) is 27.3. The molecule has 1 saturated heterocycles. The molecule has 2 aromatic rings. The first-order valence-electron chi connectivity index (χ1n) is 12.8. The lowest BCUT2D eigenvalue weighted by Crippen LogP contribution is -2.56. The number of amides is 1. The Labute approximate surface area is 219 Å². The highest BCUT2D eigenvalue weighted by molar-refractivity contribution is 7.92. The van der Waals surface area contributed by atoms with Crippen molar-refractivity contribution >= 4 is 27.7 Å². The largest absolute Gasteiger partial charge is 0.393 e. The number of carbonyl (C=O) groups excluding carboxylic acids is 1. The summed E-state index contributed by atoms with van der Waals surface area (Å²) in [5.74, 6) is 0.124. The molecule has 4 N–H and O–H groups in total. The highest BCUT2D eigenvalue weighted by atomic mass is 32.2. The number of aliphatic hydroxyl groups excluding tert-OH is 2. The standard InChI is InChI=1S/C28H37N3O5S/c1-31(37(2,35)36)23-15-21(11-10-19-8-9-19)14-22(17-23)28(34)30-26(16-20-6-4-3-5-7-20)27(33)25-18-24(32)12-13-29-25/h3-7,10-11,14-15,17,19,24-27,29,32-33H,8-9,12-13,16,18H2,1-2H3,(H,30,34)/b11-10+. The second kappa shape index (κ2) is 11.8. The fraction of sp³-hybridized carbons (Fsp3) is 0.464. The molecule has 4 atom stereocenters. The Morgan fingerprint density at radius 1 is 1.19 bits per heavy atom. The van der Waals surface area contributed by atoms with Crippen LogP contribution in [0.25, 0.3) is 6.08 Å². The van der Waals surface area contributed by atoms with Gasteiger partial charge in [0.1, 0.15) is 0 Å². The van der Waals surface area contributed by atoms with Gasteiger partial charge in [0.2, 0.25) is 10.0 Å². The van der Waals surface area contributed by atoms with E-state index in [2.05, 4.69) is 16.7 Å². The molecule has 1 aliphatic carbocycles. The van der Waals surface area contributed by atoms with Gasteiger partial charge in [0, 0.05) is 18.7 Å². The number of benzene rings is 2. The molecule has 0 aromatic heterocycles. The fourth-order valence-electron chi connectivity index (χ4n) is 4.62. The Morgan fingerprint density at radius 2 is 1.92 bits per heavy atom. The highest BCUT2D eigenvalue weighted by Gasteiger charge is 2.33. The zero-order valence-corrected chi connectivity index (χ0v) is 22.2. The summed E-state index contributed by atoms with van der Waals surface area (Å²) in [4.78, 5) is 13.5. The van der Waals surface area contributed by atoms with Crippen molar-refractivity contribution in [3.05, 3.63) is 71.3 Å². The summed E-state index contributed by atoms with van der Waals surface area (Å²) in [6.45, 7) is 0.589. The van der Waals surface area contributed by atoms with Crippen molar-refractivity contribution in [3.8, 4) is 0 Å². The Morgan fingerprint density at radius 3 is 2.57 bits per heavy atom. The third kappa shape index (κ3) is 7.64. The minimum absolute atomic E-state index is 0.311. The van der Waals surface area contributed by atoms with Crippen molar-refractivity contribution < 1.29 is 23.4 Å². The Hall–Kier alpha value is -2.72. The van der Waals surface area contributed by atoms with Crippen LogP contribution in [-0.2, 0) is 16.4 Å². The minimum Gasteiger partial charge on any atom is -0.393 e. The fourth-order valence-corrected chi connectivity index (χ4v) is 5.11. The summed E-state index contributed by atoms with van der Waals surface area (Å²) in [5.41, 5.74) is 2.40. The summed E-state index contributed by atoms with van der Waals surface area (Å²) in [5, 5.41) is 27.7. The maximum Gasteiger partial charge on any atom is 0.251 e. The number of nitrogens with zero attached hydrogens (tertiary/aromatic N) is 1. The molecule has 0 bridgehead atoms. The predicted octanol–water partition coefficient (Wildman–Crippen LogP) is 2.32. The molecule has 4 unspecified atom stereocenters. The molecular weight excluding hydrogens is 490 g/mol. The number of anilines is 1. The van der Waals surface area contributed by atoms with Crippen molar-refractivity contribution in [2.45, 2.75) is 56.4 Å². The monoisotopic (exact) mass is 527 g/mol. The van der Waals surface area contributed by atoms with Gasteiger partial charge in [-0.15, -0.1) is 0 Å². The first-order chi connectivity index (χ1) is 17.6. The van der Waals surface area contributed by atoms with Gasteiger partial charge >= 0.3 is 0 Å². The molecule has 0 radical (unpaired) electrons. The number of rotatable bonds is 10. The van der Waals surface area contributed by atoms with Crippen LogP contribution in [0.15, 0.2) is 54.6 Å². The maximum absolute atomic E-state index is 13.5. The van der Waals surface area contributed by atoms with Crippen LogP contribution in [0.5, 0.6) is 0 Å². The van der Waals surface area contributed by atoms with E-state index in [1.807, 2.05) is 36.4 Å². The molecule has 2 aromatic carbocycles.